The lowest BCUT2D eigenvalue weighted by atomic mass is 10.1. The van der Waals surface area contributed by atoms with E-state index in [9.17, 15) is 4.79 Å². The Balaban J connectivity index is 1.40. The van der Waals surface area contributed by atoms with E-state index in [1.807, 2.05) is 56.3 Å². The van der Waals surface area contributed by atoms with E-state index in [1.165, 1.54) is 0 Å². The van der Waals surface area contributed by atoms with Crippen molar-refractivity contribution < 1.29 is 19.0 Å². The molecule has 4 rings (SSSR count). The lowest BCUT2D eigenvalue weighted by Gasteiger charge is -2.27. The summed E-state index contributed by atoms with van der Waals surface area (Å²) in [6.45, 7) is 4.94. The number of rotatable bonds is 7. The van der Waals surface area contributed by atoms with Gasteiger partial charge in [-0.2, -0.15) is 5.26 Å². The minimum atomic E-state index is -0.133. The fraction of sp³-hybridized carbons (Fsp3) is 0.280. The van der Waals surface area contributed by atoms with Crippen LogP contribution in [-0.2, 0) is 13.0 Å². The third-order valence-corrected chi connectivity index (χ3v) is 5.40. The van der Waals surface area contributed by atoms with E-state index in [0.717, 1.165) is 28.5 Å². The number of nitrogens with zero attached hydrogens (tertiary/aromatic N) is 2. The minimum absolute atomic E-state index is 0.0433. The zero-order chi connectivity index (χ0) is 21.8. The Kier molecular flexibility index (Phi) is 5.94. The number of aryl methyl sites for hydroxylation is 1. The third kappa shape index (κ3) is 4.56. The second kappa shape index (κ2) is 8.97. The predicted octanol–water partition coefficient (Wildman–Crippen LogP) is 4.27. The first kappa shape index (κ1) is 20.5. The summed E-state index contributed by atoms with van der Waals surface area (Å²) in [6.07, 6.45) is 0.220. The van der Waals surface area contributed by atoms with Crippen molar-refractivity contribution in [3.05, 3.63) is 77.1 Å². The summed E-state index contributed by atoms with van der Waals surface area (Å²) in [5.41, 5.74) is 3.44. The molecule has 0 N–H and O–H groups in total. The number of aromatic nitrogens is 1. The van der Waals surface area contributed by atoms with Gasteiger partial charge in [-0.3, -0.25) is 4.79 Å². The van der Waals surface area contributed by atoms with Crippen LogP contribution in [0.1, 0.15) is 27.3 Å². The molecule has 3 aromatic rings. The van der Waals surface area contributed by atoms with Crippen molar-refractivity contribution in [1.82, 2.24) is 4.57 Å². The molecule has 0 spiro atoms. The van der Waals surface area contributed by atoms with E-state index in [2.05, 4.69) is 10.6 Å². The van der Waals surface area contributed by atoms with E-state index >= 15 is 0 Å². The Bertz CT molecular complexity index is 1130. The number of ether oxygens (including phenoxy) is 3. The summed E-state index contributed by atoms with van der Waals surface area (Å²) in [5, 5.41) is 8.75. The van der Waals surface area contributed by atoms with Gasteiger partial charge in [0.15, 0.2) is 24.2 Å². The van der Waals surface area contributed by atoms with Crippen LogP contribution in [0, 0.1) is 25.2 Å². The fourth-order valence-electron chi connectivity index (χ4n) is 3.74. The summed E-state index contributed by atoms with van der Waals surface area (Å²) < 4.78 is 19.6. The zero-order valence-corrected chi connectivity index (χ0v) is 17.6. The van der Waals surface area contributed by atoms with Crippen molar-refractivity contribution in [3.8, 4) is 23.3 Å². The van der Waals surface area contributed by atoms with Crippen LogP contribution in [0.3, 0.4) is 0 Å². The number of nitriles is 1. The zero-order valence-electron chi connectivity index (χ0n) is 17.6. The maximum absolute atomic E-state index is 12.8. The van der Waals surface area contributed by atoms with Crippen molar-refractivity contribution in [2.75, 3.05) is 13.2 Å². The maximum Gasteiger partial charge on any atom is 0.202 e. The van der Waals surface area contributed by atoms with Crippen molar-refractivity contribution >= 4 is 5.78 Å². The molecule has 0 saturated heterocycles. The molecule has 31 heavy (non-hydrogen) atoms. The Morgan fingerprint density at radius 2 is 1.90 bits per heavy atom. The van der Waals surface area contributed by atoms with Gasteiger partial charge in [-0.05, 0) is 49.7 Å². The molecule has 0 fully saturated rings. The summed E-state index contributed by atoms with van der Waals surface area (Å²) >= 11 is 0. The number of ketones is 1. The Morgan fingerprint density at radius 3 is 2.65 bits per heavy atom. The Hall–Kier alpha value is -3.72. The number of hydrogen-bond acceptors (Lipinski definition) is 5. The number of hydrogen-bond donors (Lipinski definition) is 0. The van der Waals surface area contributed by atoms with Crippen LogP contribution in [0.4, 0.5) is 0 Å². The molecule has 6 heteroatoms. The topological polar surface area (TPSA) is 73.5 Å². The maximum atomic E-state index is 12.8. The molecule has 2 aromatic carbocycles. The molecule has 1 aliphatic rings. The second-order valence-corrected chi connectivity index (χ2v) is 7.58. The number of carbonyl (C=O) groups excluding carboxylic acids is 1. The molecule has 0 saturated carbocycles. The highest BCUT2D eigenvalue weighted by Gasteiger charge is 2.24. The summed E-state index contributed by atoms with van der Waals surface area (Å²) in [6, 6.07) is 18.9. The normalized spacial score (nSPS) is 14.7. The SMILES string of the molecule is Cc1cc(C(=O)COc2ccc(CC#N)cc2)c(C)n1C[C@@H]1COc2ccccc2O1. The minimum Gasteiger partial charge on any atom is -0.486 e. The summed E-state index contributed by atoms with van der Waals surface area (Å²) in [7, 11) is 0. The first-order valence-corrected chi connectivity index (χ1v) is 10.2. The molecule has 2 heterocycles. The van der Waals surface area contributed by atoms with Gasteiger partial charge in [-0.15, -0.1) is 0 Å². The van der Waals surface area contributed by atoms with Gasteiger partial charge in [0.05, 0.1) is 19.0 Å². The van der Waals surface area contributed by atoms with E-state index in [4.69, 9.17) is 19.5 Å². The predicted molar refractivity (Wildman–Crippen MR) is 116 cm³/mol. The van der Waals surface area contributed by atoms with Crippen LogP contribution in [-0.4, -0.2) is 29.7 Å². The van der Waals surface area contributed by atoms with Crippen LogP contribution in [0.25, 0.3) is 0 Å². The number of carbonyl (C=O) groups is 1. The smallest absolute Gasteiger partial charge is 0.202 e. The van der Waals surface area contributed by atoms with Crippen molar-refractivity contribution in [2.45, 2.75) is 32.9 Å². The average molecular weight is 416 g/mol. The number of para-hydroxylation sites is 2. The molecular weight excluding hydrogens is 392 g/mol. The van der Waals surface area contributed by atoms with Gasteiger partial charge in [0.1, 0.15) is 12.4 Å². The van der Waals surface area contributed by atoms with E-state index in [0.29, 0.717) is 30.9 Å². The first-order chi connectivity index (χ1) is 15.0. The van der Waals surface area contributed by atoms with Crippen LogP contribution in [0.15, 0.2) is 54.6 Å². The van der Waals surface area contributed by atoms with Gasteiger partial charge in [0.25, 0.3) is 0 Å². The van der Waals surface area contributed by atoms with Crippen molar-refractivity contribution in [2.24, 2.45) is 0 Å². The molecule has 1 aromatic heterocycles. The summed E-state index contributed by atoms with van der Waals surface area (Å²) in [4.78, 5) is 12.8. The number of fused-ring (bicyclic) bond motifs is 1. The Morgan fingerprint density at radius 1 is 1.16 bits per heavy atom. The number of Topliss-reactive ketones (excluding diaryl/α,β-unsaturated/α-hetero) is 1. The number of benzene rings is 2. The van der Waals surface area contributed by atoms with Gasteiger partial charge >= 0.3 is 0 Å². The third-order valence-electron chi connectivity index (χ3n) is 5.40. The molecule has 0 bridgehead atoms. The highest BCUT2D eigenvalue weighted by Crippen LogP contribution is 2.31. The molecule has 0 unspecified atom stereocenters. The van der Waals surface area contributed by atoms with E-state index in [-0.39, 0.29) is 18.5 Å². The Labute approximate surface area is 181 Å². The lowest BCUT2D eigenvalue weighted by molar-refractivity contribution is 0.0777. The largest absolute Gasteiger partial charge is 0.486 e. The summed E-state index contributed by atoms with van der Waals surface area (Å²) in [5.74, 6) is 2.03. The highest BCUT2D eigenvalue weighted by atomic mass is 16.6. The fourth-order valence-corrected chi connectivity index (χ4v) is 3.74. The molecule has 1 atom stereocenters. The van der Waals surface area contributed by atoms with Gasteiger partial charge in [-0.25, -0.2) is 0 Å². The lowest BCUT2D eigenvalue weighted by Crippen LogP contribution is -2.33. The van der Waals surface area contributed by atoms with Crippen LogP contribution in [0.5, 0.6) is 17.2 Å². The van der Waals surface area contributed by atoms with E-state index in [1.54, 1.807) is 12.1 Å². The average Bonchev–Trinajstić information content (AvgIpc) is 3.07. The van der Waals surface area contributed by atoms with Gasteiger partial charge in [0.2, 0.25) is 5.78 Å². The quantitative estimate of drug-likeness (QED) is 0.538. The molecule has 158 valence electrons. The van der Waals surface area contributed by atoms with Gasteiger partial charge in [-0.1, -0.05) is 24.3 Å². The second-order valence-electron chi connectivity index (χ2n) is 7.58. The van der Waals surface area contributed by atoms with Crippen LogP contribution < -0.4 is 14.2 Å². The van der Waals surface area contributed by atoms with Crippen LogP contribution in [0.2, 0.25) is 0 Å². The monoisotopic (exact) mass is 416 g/mol. The van der Waals surface area contributed by atoms with Crippen molar-refractivity contribution in [1.29, 1.82) is 5.26 Å². The molecule has 0 aliphatic carbocycles. The van der Waals surface area contributed by atoms with E-state index < -0.39 is 0 Å². The molecular formula is C25H24N2O4. The molecule has 0 amide bonds. The molecule has 6 nitrogen and oxygen atoms in total. The van der Waals surface area contributed by atoms with Crippen molar-refractivity contribution in [3.63, 3.8) is 0 Å². The van der Waals surface area contributed by atoms with Crippen LogP contribution >= 0.6 is 0 Å². The first-order valence-electron chi connectivity index (χ1n) is 10.2. The molecule has 1 aliphatic heterocycles. The standard InChI is InChI=1S/C25H24N2O4/c1-17-13-22(23(28)16-29-20-9-7-19(8-10-20)11-12-26)18(2)27(17)14-21-15-30-24-5-3-4-6-25(24)31-21/h3-10,13,21H,11,14-16H2,1-2H3/t21-/m1/s1. The highest BCUT2D eigenvalue weighted by molar-refractivity contribution is 5.98. The molecule has 0 radical (unpaired) electrons. The van der Waals surface area contributed by atoms with Gasteiger partial charge in [0, 0.05) is 17.0 Å². The van der Waals surface area contributed by atoms with Gasteiger partial charge < -0.3 is 18.8 Å².